The van der Waals surface area contributed by atoms with E-state index in [-0.39, 0.29) is 5.91 Å². The molecule has 2 fully saturated rings. The summed E-state index contributed by atoms with van der Waals surface area (Å²) in [5.74, 6) is 0.115. The number of amides is 1. The molecule has 1 aromatic carbocycles. The Morgan fingerprint density at radius 1 is 1.09 bits per heavy atom. The predicted molar refractivity (Wildman–Crippen MR) is 88.5 cm³/mol. The number of nitrogens with two attached hydrogens (primary N) is 1. The van der Waals surface area contributed by atoms with E-state index in [0.29, 0.717) is 12.5 Å². The number of benzene rings is 1. The summed E-state index contributed by atoms with van der Waals surface area (Å²) in [6.07, 6.45) is 5.50. The van der Waals surface area contributed by atoms with Crippen LogP contribution >= 0.6 is 0 Å². The zero-order valence-electron chi connectivity index (χ0n) is 13.3. The number of piperidine rings is 1. The zero-order chi connectivity index (χ0) is 15.4. The Hall–Kier alpha value is -1.39. The second kappa shape index (κ2) is 7.25. The molecule has 0 aromatic heterocycles. The lowest BCUT2D eigenvalue weighted by Gasteiger charge is -2.37. The molecular formula is C18H27N3O. The summed E-state index contributed by atoms with van der Waals surface area (Å²) in [4.78, 5) is 17.1. The molecule has 0 bridgehead atoms. The van der Waals surface area contributed by atoms with Crippen LogP contribution in [-0.4, -0.2) is 54.0 Å². The summed E-state index contributed by atoms with van der Waals surface area (Å²) >= 11 is 0. The van der Waals surface area contributed by atoms with Crippen LogP contribution in [0.3, 0.4) is 0 Å². The van der Waals surface area contributed by atoms with Gasteiger partial charge in [-0.25, -0.2) is 0 Å². The summed E-state index contributed by atoms with van der Waals surface area (Å²) in [6.45, 7) is 4.21. The molecule has 120 valence electrons. The van der Waals surface area contributed by atoms with E-state index in [1.165, 1.54) is 25.9 Å². The van der Waals surface area contributed by atoms with Gasteiger partial charge in [-0.15, -0.1) is 0 Å². The molecular weight excluding hydrogens is 274 g/mol. The van der Waals surface area contributed by atoms with Gasteiger partial charge >= 0.3 is 0 Å². The average molecular weight is 301 g/mol. The number of hydrogen-bond donors (Lipinski definition) is 1. The van der Waals surface area contributed by atoms with Crippen LogP contribution in [0.1, 0.15) is 31.2 Å². The van der Waals surface area contributed by atoms with Crippen LogP contribution in [0.25, 0.3) is 0 Å². The zero-order valence-corrected chi connectivity index (χ0v) is 13.3. The largest absolute Gasteiger partial charge is 0.341 e. The molecule has 0 radical (unpaired) electrons. The van der Waals surface area contributed by atoms with E-state index < -0.39 is 6.04 Å². The highest BCUT2D eigenvalue weighted by atomic mass is 16.2. The first-order chi connectivity index (χ1) is 10.7. The first-order valence-electron chi connectivity index (χ1n) is 8.56. The van der Waals surface area contributed by atoms with Gasteiger partial charge in [0.25, 0.3) is 0 Å². The third-order valence-corrected chi connectivity index (χ3v) is 5.05. The lowest BCUT2D eigenvalue weighted by Crippen LogP contribution is -2.51. The number of rotatable bonds is 4. The van der Waals surface area contributed by atoms with Crippen molar-refractivity contribution < 1.29 is 4.79 Å². The summed E-state index contributed by atoms with van der Waals surface area (Å²) < 4.78 is 0. The third-order valence-electron chi connectivity index (χ3n) is 5.05. The van der Waals surface area contributed by atoms with Crippen LogP contribution in [-0.2, 0) is 11.2 Å². The van der Waals surface area contributed by atoms with Gasteiger partial charge in [-0.1, -0.05) is 30.3 Å². The molecule has 22 heavy (non-hydrogen) atoms. The van der Waals surface area contributed by atoms with E-state index in [4.69, 9.17) is 5.73 Å². The monoisotopic (exact) mass is 301 g/mol. The first kappa shape index (κ1) is 15.5. The Bertz CT molecular complexity index is 476. The minimum atomic E-state index is -0.411. The molecule has 0 saturated carbocycles. The molecule has 4 nitrogen and oxygen atoms in total. The van der Waals surface area contributed by atoms with E-state index in [0.717, 1.165) is 31.5 Å². The normalized spacial score (nSPS) is 22.0. The number of nitrogens with zero attached hydrogens (tertiary/aromatic N) is 2. The molecule has 4 heteroatoms. The van der Waals surface area contributed by atoms with E-state index in [1.807, 2.05) is 35.2 Å². The molecule has 2 saturated heterocycles. The van der Waals surface area contributed by atoms with Crippen molar-refractivity contribution in [1.82, 2.24) is 9.80 Å². The second-order valence-corrected chi connectivity index (χ2v) is 6.60. The Morgan fingerprint density at radius 3 is 2.36 bits per heavy atom. The average Bonchev–Trinajstić information content (AvgIpc) is 3.10. The molecule has 0 spiro atoms. The Morgan fingerprint density at radius 2 is 1.73 bits per heavy atom. The topological polar surface area (TPSA) is 49.6 Å². The molecule has 2 aliphatic heterocycles. The molecule has 2 N–H and O–H groups in total. The van der Waals surface area contributed by atoms with Crippen LogP contribution in [0.4, 0.5) is 0 Å². The maximum Gasteiger partial charge on any atom is 0.239 e. The van der Waals surface area contributed by atoms with Gasteiger partial charge in [-0.05, 0) is 50.8 Å². The highest BCUT2D eigenvalue weighted by Gasteiger charge is 2.30. The fourth-order valence-corrected chi connectivity index (χ4v) is 3.75. The molecule has 1 unspecified atom stereocenters. The quantitative estimate of drug-likeness (QED) is 0.920. The van der Waals surface area contributed by atoms with Crippen LogP contribution in [0.5, 0.6) is 0 Å². The summed E-state index contributed by atoms with van der Waals surface area (Å²) in [7, 11) is 0. The predicted octanol–water partition coefficient (Wildman–Crippen LogP) is 1.64. The summed E-state index contributed by atoms with van der Waals surface area (Å²) in [5, 5.41) is 0. The highest BCUT2D eigenvalue weighted by molar-refractivity contribution is 5.82. The van der Waals surface area contributed by atoms with Crippen molar-refractivity contribution in [3.8, 4) is 0 Å². The lowest BCUT2D eigenvalue weighted by atomic mass is 10.0. The van der Waals surface area contributed by atoms with E-state index in [1.54, 1.807) is 0 Å². The number of carbonyl (C=O) groups is 1. The molecule has 2 heterocycles. The van der Waals surface area contributed by atoms with Gasteiger partial charge in [0.15, 0.2) is 0 Å². The van der Waals surface area contributed by atoms with E-state index in [2.05, 4.69) is 4.90 Å². The van der Waals surface area contributed by atoms with E-state index >= 15 is 0 Å². The van der Waals surface area contributed by atoms with Crippen LogP contribution in [0, 0.1) is 0 Å². The van der Waals surface area contributed by atoms with Crippen molar-refractivity contribution in [2.75, 3.05) is 26.2 Å². The van der Waals surface area contributed by atoms with Gasteiger partial charge in [0.05, 0.1) is 6.04 Å². The molecule has 1 atom stereocenters. The van der Waals surface area contributed by atoms with Crippen LogP contribution in [0.2, 0.25) is 0 Å². The fourth-order valence-electron chi connectivity index (χ4n) is 3.75. The molecule has 3 rings (SSSR count). The number of carbonyl (C=O) groups excluding carboxylic acids is 1. The SMILES string of the molecule is NC(Cc1ccccc1)C(=O)N1CCC(N2CCCC2)CC1. The van der Waals surface area contributed by atoms with Crippen LogP contribution in [0.15, 0.2) is 30.3 Å². The maximum atomic E-state index is 12.5. The van der Waals surface area contributed by atoms with Crippen molar-refractivity contribution >= 4 is 5.91 Å². The molecule has 2 aliphatic rings. The van der Waals surface area contributed by atoms with Gasteiger partial charge < -0.3 is 15.5 Å². The van der Waals surface area contributed by atoms with Gasteiger partial charge in [0, 0.05) is 19.1 Å². The Balaban J connectivity index is 1.48. The van der Waals surface area contributed by atoms with Gasteiger partial charge in [0.1, 0.15) is 0 Å². The van der Waals surface area contributed by atoms with Crippen molar-refractivity contribution in [2.24, 2.45) is 5.73 Å². The summed E-state index contributed by atoms with van der Waals surface area (Å²) in [5.41, 5.74) is 7.27. The first-order valence-corrected chi connectivity index (χ1v) is 8.56. The van der Waals surface area contributed by atoms with Gasteiger partial charge in [0.2, 0.25) is 5.91 Å². The minimum absolute atomic E-state index is 0.115. The molecule has 1 amide bonds. The maximum absolute atomic E-state index is 12.5. The standard InChI is InChI=1S/C18H27N3O/c19-17(14-15-6-2-1-3-7-15)18(22)21-12-8-16(9-13-21)20-10-4-5-11-20/h1-3,6-7,16-17H,4-5,8-14,19H2. The smallest absolute Gasteiger partial charge is 0.239 e. The molecule has 0 aliphatic carbocycles. The fraction of sp³-hybridized carbons (Fsp3) is 0.611. The van der Waals surface area contributed by atoms with Crippen molar-refractivity contribution in [1.29, 1.82) is 0 Å². The van der Waals surface area contributed by atoms with Gasteiger partial charge in [-0.2, -0.15) is 0 Å². The van der Waals surface area contributed by atoms with Crippen molar-refractivity contribution in [3.63, 3.8) is 0 Å². The van der Waals surface area contributed by atoms with Crippen LogP contribution < -0.4 is 5.73 Å². The third kappa shape index (κ3) is 3.68. The highest BCUT2D eigenvalue weighted by Crippen LogP contribution is 2.21. The van der Waals surface area contributed by atoms with Crippen molar-refractivity contribution in [2.45, 2.75) is 44.2 Å². The van der Waals surface area contributed by atoms with E-state index in [9.17, 15) is 4.79 Å². The summed E-state index contributed by atoms with van der Waals surface area (Å²) in [6, 6.07) is 10.3. The Labute approximate surface area is 133 Å². The lowest BCUT2D eigenvalue weighted by molar-refractivity contribution is -0.134. The number of hydrogen-bond acceptors (Lipinski definition) is 3. The minimum Gasteiger partial charge on any atom is -0.341 e. The van der Waals surface area contributed by atoms with Crippen molar-refractivity contribution in [3.05, 3.63) is 35.9 Å². The Kier molecular flexibility index (Phi) is 5.11. The van der Waals surface area contributed by atoms with Gasteiger partial charge in [-0.3, -0.25) is 4.79 Å². The second-order valence-electron chi connectivity index (χ2n) is 6.60. The molecule has 1 aromatic rings. The number of likely N-dealkylation sites (tertiary alicyclic amines) is 2.